The van der Waals surface area contributed by atoms with Crippen LogP contribution in [0.2, 0.25) is 0 Å². The van der Waals surface area contributed by atoms with Gasteiger partial charge in [-0.25, -0.2) is 9.59 Å². The van der Waals surface area contributed by atoms with E-state index in [1.807, 2.05) is 65.8 Å². The zero-order chi connectivity index (χ0) is 22.1. The number of aromatic nitrogens is 1. The predicted molar refractivity (Wildman–Crippen MR) is 115 cm³/mol. The van der Waals surface area contributed by atoms with Gasteiger partial charge in [0.2, 0.25) is 0 Å². The number of rotatable bonds is 3. The second-order valence-electron chi connectivity index (χ2n) is 8.92. The molecule has 2 N–H and O–H groups in total. The van der Waals surface area contributed by atoms with Gasteiger partial charge < -0.3 is 20.1 Å². The van der Waals surface area contributed by atoms with Crippen molar-refractivity contribution in [3.05, 3.63) is 36.7 Å². The van der Waals surface area contributed by atoms with Crippen LogP contribution in [-0.4, -0.2) is 52.0 Å². The second kappa shape index (κ2) is 8.10. The molecule has 1 fully saturated rings. The van der Waals surface area contributed by atoms with Gasteiger partial charge in [0, 0.05) is 29.7 Å². The van der Waals surface area contributed by atoms with Gasteiger partial charge >= 0.3 is 12.1 Å². The van der Waals surface area contributed by atoms with Crippen molar-refractivity contribution in [1.82, 2.24) is 15.2 Å². The fraction of sp³-hybridized carbons (Fsp3) is 0.500. The molecule has 3 rings (SSSR count). The van der Waals surface area contributed by atoms with E-state index >= 15 is 0 Å². The molecule has 8 heteroatoms. The summed E-state index contributed by atoms with van der Waals surface area (Å²) in [6.07, 6.45) is 2.70. The molecular weight excluding hydrogens is 384 g/mol. The van der Waals surface area contributed by atoms with Crippen LogP contribution >= 0.6 is 0 Å². The molecule has 0 bridgehead atoms. The molecule has 30 heavy (non-hydrogen) atoms. The van der Waals surface area contributed by atoms with E-state index in [0.29, 0.717) is 5.69 Å². The Balaban J connectivity index is 1.69. The summed E-state index contributed by atoms with van der Waals surface area (Å²) in [6.45, 7) is 11.2. The summed E-state index contributed by atoms with van der Waals surface area (Å²) >= 11 is 0. The van der Waals surface area contributed by atoms with E-state index in [1.54, 1.807) is 17.3 Å². The Kier molecular flexibility index (Phi) is 5.90. The van der Waals surface area contributed by atoms with Crippen LogP contribution in [0.25, 0.3) is 10.8 Å². The Morgan fingerprint density at radius 1 is 1.27 bits per heavy atom. The molecule has 1 aliphatic rings. The van der Waals surface area contributed by atoms with Gasteiger partial charge in [-0.2, -0.15) is 0 Å². The van der Waals surface area contributed by atoms with Crippen LogP contribution in [0.15, 0.2) is 36.7 Å². The fourth-order valence-corrected chi connectivity index (χ4v) is 3.72. The number of hydrogen-bond acceptors (Lipinski definition) is 5. The van der Waals surface area contributed by atoms with E-state index in [9.17, 15) is 9.59 Å². The maximum atomic E-state index is 12.8. The third-order valence-corrected chi connectivity index (χ3v) is 4.92. The number of nitrogens with zero attached hydrogens (tertiary/aromatic N) is 2. The van der Waals surface area contributed by atoms with E-state index in [2.05, 4.69) is 15.6 Å². The molecule has 1 aromatic heterocycles. The number of carbonyl (C=O) groups excluding carboxylic acids is 2. The van der Waals surface area contributed by atoms with Crippen molar-refractivity contribution in [2.45, 2.75) is 65.0 Å². The van der Waals surface area contributed by atoms with E-state index in [4.69, 9.17) is 9.47 Å². The Morgan fingerprint density at radius 2 is 2.00 bits per heavy atom. The average Bonchev–Trinajstić information content (AvgIpc) is 2.86. The van der Waals surface area contributed by atoms with Gasteiger partial charge in [-0.15, -0.1) is 0 Å². The summed E-state index contributed by atoms with van der Waals surface area (Å²) in [7, 11) is 0. The highest BCUT2D eigenvalue weighted by atomic mass is 16.6. The lowest BCUT2D eigenvalue weighted by atomic mass is 10.1. The van der Waals surface area contributed by atoms with Gasteiger partial charge in [-0.1, -0.05) is 12.1 Å². The molecule has 1 saturated heterocycles. The number of anilines is 1. The molecule has 0 radical (unpaired) electrons. The quantitative estimate of drug-likeness (QED) is 0.788. The summed E-state index contributed by atoms with van der Waals surface area (Å²) < 4.78 is 11.5. The highest BCUT2D eigenvalue weighted by molar-refractivity contribution is 6.01. The molecule has 3 amide bonds. The van der Waals surface area contributed by atoms with Crippen LogP contribution < -0.4 is 10.6 Å². The van der Waals surface area contributed by atoms with Crippen molar-refractivity contribution in [3.63, 3.8) is 0 Å². The minimum atomic E-state index is -0.840. The van der Waals surface area contributed by atoms with Crippen molar-refractivity contribution in [3.8, 4) is 0 Å². The molecule has 0 saturated carbocycles. The average molecular weight is 415 g/mol. The maximum absolute atomic E-state index is 12.8. The minimum absolute atomic E-state index is 0.224. The smallest absolute Gasteiger partial charge is 0.412 e. The van der Waals surface area contributed by atoms with Gasteiger partial charge in [0.1, 0.15) is 11.3 Å². The van der Waals surface area contributed by atoms with Crippen molar-refractivity contribution in [1.29, 1.82) is 0 Å². The summed E-state index contributed by atoms with van der Waals surface area (Å²) in [4.78, 5) is 31.0. The van der Waals surface area contributed by atoms with Crippen LogP contribution in [0, 0.1) is 0 Å². The van der Waals surface area contributed by atoms with Crippen LogP contribution in [-0.2, 0) is 9.47 Å². The lowest BCUT2D eigenvalue weighted by Gasteiger charge is -2.35. The molecule has 2 heterocycles. The van der Waals surface area contributed by atoms with Crippen molar-refractivity contribution in [2.75, 3.05) is 11.9 Å². The molecular formula is C22H30N4O4. The summed E-state index contributed by atoms with van der Waals surface area (Å²) in [5.74, 6) is 0. The van der Waals surface area contributed by atoms with E-state index in [1.165, 1.54) is 0 Å². The Hall–Kier alpha value is -2.87. The fourth-order valence-electron chi connectivity index (χ4n) is 3.72. The first kappa shape index (κ1) is 21.8. The molecule has 8 nitrogen and oxygen atoms in total. The standard InChI is InChI=1S/C22H30N4O4/c1-14-18(26(22(5,6)29-14)20(28)30-21(2,3)4)13-24-19(27)25-17-9-7-8-15-12-23-11-10-16(15)17/h7-12,14,18H,13H2,1-6H3,(H2,24,25,27)/t14-,18-/m0/s1. The SMILES string of the molecule is C[C@@H]1OC(C)(C)N(C(=O)OC(C)(C)C)[C@H]1CNC(=O)Nc1cccc2cnccc12. The largest absolute Gasteiger partial charge is 0.444 e. The number of carbonyl (C=O) groups is 2. The predicted octanol–water partition coefficient (Wildman–Crippen LogP) is 4.12. The zero-order valence-electron chi connectivity index (χ0n) is 18.4. The van der Waals surface area contributed by atoms with Crippen LogP contribution in [0.4, 0.5) is 15.3 Å². The molecule has 2 aromatic rings. The summed E-state index contributed by atoms with van der Waals surface area (Å²) in [6, 6.07) is 6.75. The number of urea groups is 1. The number of benzene rings is 1. The molecule has 1 aromatic carbocycles. The Morgan fingerprint density at radius 3 is 2.70 bits per heavy atom. The first-order valence-electron chi connectivity index (χ1n) is 10.1. The zero-order valence-corrected chi connectivity index (χ0v) is 18.4. The van der Waals surface area contributed by atoms with Crippen LogP contribution in [0.5, 0.6) is 0 Å². The van der Waals surface area contributed by atoms with Crippen LogP contribution in [0.1, 0.15) is 41.5 Å². The summed E-state index contributed by atoms with van der Waals surface area (Å²) in [5, 5.41) is 7.57. The van der Waals surface area contributed by atoms with E-state index < -0.39 is 17.4 Å². The lowest BCUT2D eigenvalue weighted by Crippen LogP contribution is -2.53. The molecule has 162 valence electrons. The number of fused-ring (bicyclic) bond motifs is 1. The maximum Gasteiger partial charge on any atom is 0.412 e. The number of ether oxygens (including phenoxy) is 2. The highest BCUT2D eigenvalue weighted by Gasteiger charge is 2.49. The Labute approximate surface area is 176 Å². The number of amides is 3. The minimum Gasteiger partial charge on any atom is -0.444 e. The topological polar surface area (TPSA) is 92.8 Å². The van der Waals surface area contributed by atoms with E-state index in [-0.39, 0.29) is 24.7 Å². The van der Waals surface area contributed by atoms with Gasteiger partial charge in [-0.3, -0.25) is 9.88 Å². The van der Waals surface area contributed by atoms with Gasteiger partial charge in [0.15, 0.2) is 0 Å². The van der Waals surface area contributed by atoms with Crippen molar-refractivity contribution >= 4 is 28.6 Å². The normalized spacial score (nSPS) is 20.8. The monoisotopic (exact) mass is 414 g/mol. The molecule has 1 aliphatic heterocycles. The second-order valence-corrected chi connectivity index (χ2v) is 8.92. The van der Waals surface area contributed by atoms with Gasteiger partial charge in [-0.05, 0) is 53.7 Å². The lowest BCUT2D eigenvalue weighted by molar-refractivity contribution is -0.0756. The number of hydrogen-bond donors (Lipinski definition) is 2. The van der Waals surface area contributed by atoms with Crippen molar-refractivity contribution < 1.29 is 19.1 Å². The highest BCUT2D eigenvalue weighted by Crippen LogP contribution is 2.33. The van der Waals surface area contributed by atoms with E-state index in [0.717, 1.165) is 10.8 Å². The third kappa shape index (κ3) is 4.81. The molecule has 0 aliphatic carbocycles. The third-order valence-electron chi connectivity index (χ3n) is 4.92. The Bertz CT molecular complexity index is 933. The number of nitrogens with one attached hydrogen (secondary N) is 2. The first-order chi connectivity index (χ1) is 14.0. The number of pyridine rings is 1. The first-order valence-corrected chi connectivity index (χ1v) is 10.1. The van der Waals surface area contributed by atoms with Crippen molar-refractivity contribution in [2.24, 2.45) is 0 Å². The van der Waals surface area contributed by atoms with Crippen LogP contribution in [0.3, 0.4) is 0 Å². The van der Waals surface area contributed by atoms with Gasteiger partial charge in [0.05, 0.1) is 17.8 Å². The molecule has 2 atom stereocenters. The molecule has 0 spiro atoms. The molecule has 0 unspecified atom stereocenters. The summed E-state index contributed by atoms with van der Waals surface area (Å²) in [5.41, 5.74) is -0.780. The van der Waals surface area contributed by atoms with Gasteiger partial charge in [0.25, 0.3) is 0 Å².